The Balaban J connectivity index is 1.29. The molecule has 3 aliphatic rings. The van der Waals surface area contributed by atoms with Gasteiger partial charge in [-0.15, -0.1) is 0 Å². The maximum absolute atomic E-state index is 12.9. The summed E-state index contributed by atoms with van der Waals surface area (Å²) in [6.07, 6.45) is -0.323. The molecule has 0 aliphatic carbocycles. The van der Waals surface area contributed by atoms with Gasteiger partial charge in [-0.25, -0.2) is 4.98 Å². The van der Waals surface area contributed by atoms with Crippen LogP contribution in [0.4, 0.5) is 19.0 Å². The standard InChI is InChI=1S/C19H25F3N4O2/c20-19(21,22)14-1-5-23-17(13-14)26-10-8-24(9-11-26)15-2-6-25(7-3-15)16-4-12-28-18(16)27/h1,5,13,15-16H,2-4,6-12H2. The number of hydrogen-bond acceptors (Lipinski definition) is 6. The van der Waals surface area contributed by atoms with E-state index in [-0.39, 0.29) is 12.0 Å². The SMILES string of the molecule is O=C1OCCC1N1CCC(N2CCN(c3cc(C(F)(F)F)ccn3)CC2)CC1. The number of aromatic nitrogens is 1. The summed E-state index contributed by atoms with van der Waals surface area (Å²) >= 11 is 0. The van der Waals surface area contributed by atoms with Crippen molar-refractivity contribution in [1.82, 2.24) is 14.8 Å². The molecule has 0 saturated carbocycles. The predicted molar refractivity (Wildman–Crippen MR) is 97.0 cm³/mol. The summed E-state index contributed by atoms with van der Waals surface area (Å²) in [7, 11) is 0. The Bertz CT molecular complexity index is 699. The highest BCUT2D eigenvalue weighted by molar-refractivity contribution is 5.77. The van der Waals surface area contributed by atoms with E-state index in [1.54, 1.807) is 0 Å². The highest BCUT2D eigenvalue weighted by Crippen LogP contribution is 2.31. The van der Waals surface area contributed by atoms with E-state index in [0.717, 1.165) is 57.6 Å². The van der Waals surface area contributed by atoms with Gasteiger partial charge in [0.05, 0.1) is 12.2 Å². The summed E-state index contributed by atoms with van der Waals surface area (Å²) in [4.78, 5) is 22.5. The molecule has 4 heterocycles. The Kier molecular flexibility index (Phi) is 5.46. The summed E-state index contributed by atoms with van der Waals surface area (Å²) in [5.74, 6) is 0.296. The van der Waals surface area contributed by atoms with Crippen molar-refractivity contribution >= 4 is 11.8 Å². The van der Waals surface area contributed by atoms with Crippen molar-refractivity contribution in [1.29, 1.82) is 0 Å². The maximum Gasteiger partial charge on any atom is 0.416 e. The smallest absolute Gasteiger partial charge is 0.416 e. The van der Waals surface area contributed by atoms with Gasteiger partial charge in [0.2, 0.25) is 0 Å². The van der Waals surface area contributed by atoms with Crippen LogP contribution in [0, 0.1) is 0 Å². The van der Waals surface area contributed by atoms with E-state index in [9.17, 15) is 18.0 Å². The molecule has 0 amide bonds. The van der Waals surface area contributed by atoms with Crippen LogP contribution in [-0.4, -0.2) is 78.7 Å². The number of pyridine rings is 1. The first kappa shape index (κ1) is 19.4. The fraction of sp³-hybridized carbons (Fsp3) is 0.684. The second kappa shape index (κ2) is 7.87. The zero-order valence-electron chi connectivity index (χ0n) is 15.7. The molecule has 3 fully saturated rings. The van der Waals surface area contributed by atoms with E-state index >= 15 is 0 Å². The Morgan fingerprint density at radius 2 is 1.71 bits per heavy atom. The molecule has 6 nitrogen and oxygen atoms in total. The minimum Gasteiger partial charge on any atom is -0.464 e. The van der Waals surface area contributed by atoms with Crippen LogP contribution in [0.15, 0.2) is 18.3 Å². The highest BCUT2D eigenvalue weighted by atomic mass is 19.4. The van der Waals surface area contributed by atoms with Gasteiger partial charge in [0.1, 0.15) is 11.9 Å². The van der Waals surface area contributed by atoms with E-state index in [1.807, 2.05) is 4.90 Å². The molecule has 0 radical (unpaired) electrons. The molecule has 1 atom stereocenters. The number of piperidine rings is 1. The average molecular weight is 398 g/mol. The van der Waals surface area contributed by atoms with Crippen molar-refractivity contribution < 1.29 is 22.7 Å². The number of hydrogen-bond donors (Lipinski definition) is 0. The molecular weight excluding hydrogens is 373 g/mol. The van der Waals surface area contributed by atoms with Crippen molar-refractivity contribution in [2.45, 2.75) is 37.5 Å². The third-order valence-electron chi connectivity index (χ3n) is 6.08. The quantitative estimate of drug-likeness (QED) is 0.726. The molecule has 3 saturated heterocycles. The topological polar surface area (TPSA) is 48.9 Å². The fourth-order valence-corrected chi connectivity index (χ4v) is 4.46. The number of rotatable bonds is 3. The molecule has 1 aromatic heterocycles. The van der Waals surface area contributed by atoms with Gasteiger partial charge in [-0.1, -0.05) is 0 Å². The van der Waals surface area contributed by atoms with Crippen LogP contribution in [0.25, 0.3) is 0 Å². The van der Waals surface area contributed by atoms with Gasteiger partial charge in [-0.3, -0.25) is 14.6 Å². The highest BCUT2D eigenvalue weighted by Gasteiger charge is 2.36. The van der Waals surface area contributed by atoms with Gasteiger partial charge in [0, 0.05) is 57.9 Å². The lowest BCUT2D eigenvalue weighted by atomic mass is 10.00. The maximum atomic E-state index is 12.9. The number of nitrogens with zero attached hydrogens (tertiary/aromatic N) is 4. The van der Waals surface area contributed by atoms with Gasteiger partial charge >= 0.3 is 12.1 Å². The zero-order valence-corrected chi connectivity index (χ0v) is 15.7. The number of esters is 1. The van der Waals surface area contributed by atoms with E-state index in [1.165, 1.54) is 6.20 Å². The summed E-state index contributed by atoms with van der Waals surface area (Å²) < 4.78 is 43.8. The third kappa shape index (κ3) is 4.10. The molecule has 0 spiro atoms. The van der Waals surface area contributed by atoms with Crippen molar-refractivity contribution in [3.63, 3.8) is 0 Å². The molecule has 0 N–H and O–H groups in total. The van der Waals surface area contributed by atoms with E-state index in [2.05, 4.69) is 14.8 Å². The lowest BCUT2D eigenvalue weighted by molar-refractivity contribution is -0.143. The largest absolute Gasteiger partial charge is 0.464 e. The van der Waals surface area contributed by atoms with Crippen LogP contribution in [-0.2, 0) is 15.7 Å². The summed E-state index contributed by atoms with van der Waals surface area (Å²) in [6, 6.07) is 2.53. The Morgan fingerprint density at radius 3 is 2.32 bits per heavy atom. The van der Waals surface area contributed by atoms with Crippen LogP contribution in [0.5, 0.6) is 0 Å². The molecule has 1 unspecified atom stereocenters. The molecule has 28 heavy (non-hydrogen) atoms. The summed E-state index contributed by atoms with van der Waals surface area (Å²) in [5.41, 5.74) is -0.655. The molecule has 3 aliphatic heterocycles. The predicted octanol–water partition coefficient (Wildman–Crippen LogP) is 2.00. The monoisotopic (exact) mass is 398 g/mol. The molecule has 4 rings (SSSR count). The van der Waals surface area contributed by atoms with Gasteiger partial charge in [0.25, 0.3) is 0 Å². The van der Waals surface area contributed by atoms with Crippen molar-refractivity contribution in [3.8, 4) is 0 Å². The molecule has 9 heteroatoms. The number of cyclic esters (lactones) is 1. The summed E-state index contributed by atoms with van der Waals surface area (Å²) in [5, 5.41) is 0. The Morgan fingerprint density at radius 1 is 1.00 bits per heavy atom. The van der Waals surface area contributed by atoms with Gasteiger partial charge < -0.3 is 9.64 Å². The van der Waals surface area contributed by atoms with Gasteiger partial charge in [-0.2, -0.15) is 13.2 Å². The number of anilines is 1. The first-order valence-corrected chi connectivity index (χ1v) is 9.85. The van der Waals surface area contributed by atoms with E-state index in [0.29, 0.717) is 31.6 Å². The number of piperazine rings is 1. The van der Waals surface area contributed by atoms with Gasteiger partial charge in [-0.05, 0) is 25.0 Å². The zero-order chi connectivity index (χ0) is 19.7. The normalized spacial score (nSPS) is 25.9. The van der Waals surface area contributed by atoms with Gasteiger partial charge in [0.15, 0.2) is 0 Å². The first-order valence-electron chi connectivity index (χ1n) is 9.85. The van der Waals surface area contributed by atoms with E-state index in [4.69, 9.17) is 4.74 Å². The Labute approximate surface area is 162 Å². The molecular formula is C19H25F3N4O2. The van der Waals surface area contributed by atoms with Crippen LogP contribution in [0.2, 0.25) is 0 Å². The van der Waals surface area contributed by atoms with Crippen molar-refractivity contribution in [3.05, 3.63) is 23.9 Å². The second-order valence-corrected chi connectivity index (χ2v) is 7.66. The molecule has 0 aromatic carbocycles. The van der Waals surface area contributed by atoms with Crippen LogP contribution in [0.3, 0.4) is 0 Å². The van der Waals surface area contributed by atoms with Crippen molar-refractivity contribution in [2.75, 3.05) is 50.8 Å². The number of carbonyl (C=O) groups is 1. The molecule has 1 aromatic rings. The molecule has 154 valence electrons. The fourth-order valence-electron chi connectivity index (χ4n) is 4.46. The van der Waals surface area contributed by atoms with Crippen LogP contribution >= 0.6 is 0 Å². The van der Waals surface area contributed by atoms with Crippen LogP contribution in [0.1, 0.15) is 24.8 Å². The lowest BCUT2D eigenvalue weighted by Gasteiger charge is -2.43. The van der Waals surface area contributed by atoms with Crippen molar-refractivity contribution in [2.24, 2.45) is 0 Å². The summed E-state index contributed by atoms with van der Waals surface area (Å²) in [6.45, 7) is 5.27. The van der Waals surface area contributed by atoms with Crippen LogP contribution < -0.4 is 4.90 Å². The minimum atomic E-state index is -4.35. The number of halogens is 3. The average Bonchev–Trinajstić information content (AvgIpc) is 3.14. The number of likely N-dealkylation sites (tertiary alicyclic amines) is 1. The first-order chi connectivity index (χ1) is 13.4. The second-order valence-electron chi connectivity index (χ2n) is 7.66. The Hall–Kier alpha value is -1.87. The lowest BCUT2D eigenvalue weighted by Crippen LogP contribution is -2.54. The van der Waals surface area contributed by atoms with E-state index < -0.39 is 11.7 Å². The molecule has 0 bridgehead atoms. The third-order valence-corrected chi connectivity index (χ3v) is 6.08. The number of ether oxygens (including phenoxy) is 1. The number of carbonyl (C=O) groups excluding carboxylic acids is 1. The number of alkyl halides is 3. The minimum absolute atomic E-state index is 0.0789.